The molecule has 1 fully saturated rings. The maximum atomic E-state index is 12.3. The third kappa shape index (κ3) is 5.51. The van der Waals surface area contributed by atoms with Crippen LogP contribution in [0.2, 0.25) is 0 Å². The van der Waals surface area contributed by atoms with Crippen LogP contribution in [-0.2, 0) is 11.3 Å². The molecule has 4 heteroatoms. The van der Waals surface area contributed by atoms with Gasteiger partial charge in [-0.25, -0.2) is 0 Å². The van der Waals surface area contributed by atoms with Gasteiger partial charge in [0, 0.05) is 44.1 Å². The largest absolute Gasteiger partial charge is 0.352 e. The van der Waals surface area contributed by atoms with Gasteiger partial charge in [0.2, 0.25) is 5.91 Å². The molecular weight excluding hydrogens is 336 g/mol. The summed E-state index contributed by atoms with van der Waals surface area (Å²) >= 11 is 0. The molecule has 2 aromatic rings. The first-order valence-electron chi connectivity index (χ1n) is 9.67. The molecule has 1 atom stereocenters. The molecule has 1 aliphatic heterocycles. The molecule has 2 aromatic carbocycles. The van der Waals surface area contributed by atoms with Gasteiger partial charge < -0.3 is 5.32 Å². The van der Waals surface area contributed by atoms with Crippen molar-refractivity contribution in [1.29, 1.82) is 0 Å². The molecule has 0 radical (unpaired) electrons. The summed E-state index contributed by atoms with van der Waals surface area (Å²) in [4.78, 5) is 26.9. The van der Waals surface area contributed by atoms with Crippen molar-refractivity contribution in [2.24, 2.45) is 0 Å². The number of likely N-dealkylation sites (tertiary alicyclic amines) is 1. The Hall–Kier alpha value is -2.46. The Labute approximate surface area is 161 Å². The minimum absolute atomic E-state index is 0.0289. The van der Waals surface area contributed by atoms with Crippen LogP contribution in [0.1, 0.15) is 46.3 Å². The number of rotatable bonds is 7. The van der Waals surface area contributed by atoms with Crippen LogP contribution < -0.4 is 5.32 Å². The van der Waals surface area contributed by atoms with Crippen LogP contribution in [0.4, 0.5) is 0 Å². The van der Waals surface area contributed by atoms with E-state index in [-0.39, 0.29) is 30.6 Å². The Kier molecular flexibility index (Phi) is 6.40. The minimum Gasteiger partial charge on any atom is -0.352 e. The number of nitrogens with zero attached hydrogens (tertiary/aromatic N) is 1. The first-order valence-corrected chi connectivity index (χ1v) is 9.67. The standard InChI is InChI=1S/C23H28N2O2/c1-17-8-9-20(14-18(17)2)22(26)10-11-23(27)24-21-12-13-25(16-21)15-19-6-4-3-5-7-19/h3-9,14,21H,10-13,15-16H2,1-2H3,(H,24,27). The van der Waals surface area contributed by atoms with Crippen LogP contribution in [0, 0.1) is 13.8 Å². The van der Waals surface area contributed by atoms with Crippen LogP contribution >= 0.6 is 0 Å². The summed E-state index contributed by atoms with van der Waals surface area (Å²) in [7, 11) is 0. The summed E-state index contributed by atoms with van der Waals surface area (Å²) in [6.07, 6.45) is 1.47. The molecule has 1 N–H and O–H groups in total. The van der Waals surface area contributed by atoms with Crippen LogP contribution in [0.15, 0.2) is 48.5 Å². The summed E-state index contributed by atoms with van der Waals surface area (Å²) in [5, 5.41) is 3.09. The van der Waals surface area contributed by atoms with E-state index in [1.165, 1.54) is 11.1 Å². The first-order chi connectivity index (χ1) is 13.0. The zero-order chi connectivity index (χ0) is 19.2. The van der Waals surface area contributed by atoms with Gasteiger partial charge in [-0.1, -0.05) is 42.5 Å². The Morgan fingerprint density at radius 3 is 2.56 bits per heavy atom. The van der Waals surface area contributed by atoms with Crippen molar-refractivity contribution in [3.8, 4) is 0 Å². The number of benzene rings is 2. The molecule has 1 heterocycles. The lowest BCUT2D eigenvalue weighted by Gasteiger charge is -2.16. The van der Waals surface area contributed by atoms with Gasteiger partial charge in [0.1, 0.15) is 0 Å². The molecule has 4 nitrogen and oxygen atoms in total. The third-order valence-corrected chi connectivity index (χ3v) is 5.29. The smallest absolute Gasteiger partial charge is 0.220 e. The van der Waals surface area contributed by atoms with E-state index >= 15 is 0 Å². The van der Waals surface area contributed by atoms with Crippen LogP contribution in [0.25, 0.3) is 0 Å². The number of nitrogens with one attached hydrogen (secondary N) is 1. The van der Waals surface area contributed by atoms with Crippen molar-refractivity contribution < 1.29 is 9.59 Å². The van der Waals surface area contributed by atoms with E-state index in [9.17, 15) is 9.59 Å². The number of Topliss-reactive ketones (excluding diaryl/α,β-unsaturated/α-hetero) is 1. The van der Waals surface area contributed by atoms with Gasteiger partial charge >= 0.3 is 0 Å². The predicted octanol–water partition coefficient (Wildman–Crippen LogP) is 3.66. The van der Waals surface area contributed by atoms with Crippen molar-refractivity contribution in [3.63, 3.8) is 0 Å². The van der Waals surface area contributed by atoms with E-state index < -0.39 is 0 Å². The number of aryl methyl sites for hydroxylation is 2. The van der Waals surface area contributed by atoms with Crippen LogP contribution in [0.5, 0.6) is 0 Å². The highest BCUT2D eigenvalue weighted by Gasteiger charge is 2.24. The summed E-state index contributed by atoms with van der Waals surface area (Å²) in [5.41, 5.74) is 4.27. The molecule has 1 saturated heterocycles. The Bertz CT molecular complexity index is 801. The summed E-state index contributed by atoms with van der Waals surface area (Å²) in [6, 6.07) is 16.3. The average molecular weight is 364 g/mol. The van der Waals surface area contributed by atoms with Crippen molar-refractivity contribution in [3.05, 3.63) is 70.8 Å². The monoisotopic (exact) mass is 364 g/mol. The maximum absolute atomic E-state index is 12.3. The van der Waals surface area contributed by atoms with Gasteiger partial charge in [-0.3, -0.25) is 14.5 Å². The highest BCUT2D eigenvalue weighted by Crippen LogP contribution is 2.15. The van der Waals surface area contributed by atoms with E-state index in [4.69, 9.17) is 0 Å². The second-order valence-electron chi connectivity index (χ2n) is 7.50. The first kappa shape index (κ1) is 19.3. The van der Waals surface area contributed by atoms with Crippen molar-refractivity contribution in [1.82, 2.24) is 10.2 Å². The normalized spacial score (nSPS) is 17.0. The Morgan fingerprint density at radius 1 is 1.04 bits per heavy atom. The fraction of sp³-hybridized carbons (Fsp3) is 0.391. The molecule has 0 saturated carbocycles. The van der Waals surface area contributed by atoms with Gasteiger partial charge in [0.25, 0.3) is 0 Å². The van der Waals surface area contributed by atoms with Gasteiger partial charge in [-0.15, -0.1) is 0 Å². The molecule has 0 aromatic heterocycles. The predicted molar refractivity (Wildman–Crippen MR) is 108 cm³/mol. The molecule has 0 aliphatic carbocycles. The minimum atomic E-state index is -0.0289. The number of amides is 1. The fourth-order valence-electron chi connectivity index (χ4n) is 3.52. The number of carbonyl (C=O) groups excluding carboxylic acids is 2. The highest BCUT2D eigenvalue weighted by molar-refractivity contribution is 5.98. The Balaban J connectivity index is 1.41. The highest BCUT2D eigenvalue weighted by atomic mass is 16.2. The van der Waals surface area contributed by atoms with Crippen molar-refractivity contribution >= 4 is 11.7 Å². The van der Waals surface area contributed by atoms with E-state index in [0.717, 1.165) is 31.6 Å². The lowest BCUT2D eigenvalue weighted by atomic mass is 10.0. The summed E-state index contributed by atoms with van der Waals surface area (Å²) in [6.45, 7) is 6.80. The molecule has 142 valence electrons. The van der Waals surface area contributed by atoms with E-state index in [1.807, 2.05) is 38.1 Å². The van der Waals surface area contributed by atoms with E-state index in [1.54, 1.807) is 0 Å². The Morgan fingerprint density at radius 2 is 1.81 bits per heavy atom. The summed E-state index contributed by atoms with van der Waals surface area (Å²) in [5.74, 6) is 0.00382. The lowest BCUT2D eigenvalue weighted by molar-refractivity contribution is -0.121. The molecule has 0 spiro atoms. The molecule has 1 aliphatic rings. The van der Waals surface area contributed by atoms with Crippen molar-refractivity contribution in [2.45, 2.75) is 45.7 Å². The lowest BCUT2D eigenvalue weighted by Crippen LogP contribution is -2.37. The number of hydrogen-bond donors (Lipinski definition) is 1. The maximum Gasteiger partial charge on any atom is 0.220 e. The zero-order valence-corrected chi connectivity index (χ0v) is 16.2. The second-order valence-corrected chi connectivity index (χ2v) is 7.50. The van der Waals surface area contributed by atoms with Crippen LogP contribution in [0.3, 0.4) is 0 Å². The molecule has 0 bridgehead atoms. The third-order valence-electron chi connectivity index (χ3n) is 5.29. The van der Waals surface area contributed by atoms with Gasteiger partial charge in [-0.05, 0) is 43.0 Å². The molecular formula is C23H28N2O2. The number of carbonyl (C=O) groups is 2. The molecule has 3 rings (SSSR count). The quantitative estimate of drug-likeness (QED) is 0.763. The number of ketones is 1. The molecule has 1 amide bonds. The van der Waals surface area contributed by atoms with Crippen LogP contribution in [-0.4, -0.2) is 35.7 Å². The fourth-order valence-corrected chi connectivity index (χ4v) is 3.52. The summed E-state index contributed by atoms with van der Waals surface area (Å²) < 4.78 is 0. The SMILES string of the molecule is Cc1ccc(C(=O)CCC(=O)NC2CCN(Cc3ccccc3)C2)cc1C. The average Bonchev–Trinajstić information content (AvgIpc) is 3.09. The van der Waals surface area contributed by atoms with Gasteiger partial charge in [0.05, 0.1) is 0 Å². The topological polar surface area (TPSA) is 49.4 Å². The van der Waals surface area contributed by atoms with Crippen molar-refractivity contribution in [2.75, 3.05) is 13.1 Å². The second kappa shape index (κ2) is 8.96. The van der Waals surface area contributed by atoms with Gasteiger partial charge in [0.15, 0.2) is 5.78 Å². The number of hydrogen-bond acceptors (Lipinski definition) is 3. The zero-order valence-electron chi connectivity index (χ0n) is 16.2. The molecule has 1 unspecified atom stereocenters. The molecule has 27 heavy (non-hydrogen) atoms. The van der Waals surface area contributed by atoms with E-state index in [0.29, 0.717) is 5.56 Å². The van der Waals surface area contributed by atoms with E-state index in [2.05, 4.69) is 34.5 Å². The van der Waals surface area contributed by atoms with Gasteiger partial charge in [-0.2, -0.15) is 0 Å².